The van der Waals surface area contributed by atoms with Crippen LogP contribution >= 0.6 is 0 Å². The number of anilines is 2. The first-order valence-corrected chi connectivity index (χ1v) is 8.63. The Morgan fingerprint density at radius 3 is 2.59 bits per heavy atom. The number of hydrogen-bond donors (Lipinski definition) is 2. The summed E-state index contributed by atoms with van der Waals surface area (Å²) in [6.07, 6.45) is 1.48. The van der Waals surface area contributed by atoms with Crippen molar-refractivity contribution in [2.45, 2.75) is 33.2 Å². The average Bonchev–Trinajstić information content (AvgIpc) is 2.64. The van der Waals surface area contributed by atoms with E-state index in [-0.39, 0.29) is 29.4 Å². The van der Waals surface area contributed by atoms with Crippen LogP contribution in [-0.2, 0) is 6.54 Å². The van der Waals surface area contributed by atoms with Crippen molar-refractivity contribution in [2.75, 3.05) is 24.3 Å². The topological polar surface area (TPSA) is 110 Å². The third-order valence-corrected chi connectivity index (χ3v) is 4.19. The largest absolute Gasteiger partial charge is 0.497 e. The van der Waals surface area contributed by atoms with Crippen molar-refractivity contribution in [3.63, 3.8) is 0 Å². The van der Waals surface area contributed by atoms with E-state index in [0.29, 0.717) is 13.0 Å². The van der Waals surface area contributed by atoms with E-state index in [1.165, 1.54) is 23.8 Å². The van der Waals surface area contributed by atoms with Gasteiger partial charge in [-0.25, -0.2) is 9.18 Å². The molecule has 0 aliphatic heterocycles. The molecule has 0 bridgehead atoms. The third kappa shape index (κ3) is 4.02. The molecule has 1 aromatic carbocycles. The Morgan fingerprint density at radius 1 is 1.33 bits per heavy atom. The van der Waals surface area contributed by atoms with Crippen LogP contribution in [0, 0.1) is 5.82 Å². The van der Waals surface area contributed by atoms with Gasteiger partial charge in [0, 0.05) is 19.2 Å². The smallest absolute Gasteiger partial charge is 0.330 e. The maximum Gasteiger partial charge on any atom is 0.330 e. The van der Waals surface area contributed by atoms with Crippen molar-refractivity contribution in [2.24, 2.45) is 0 Å². The van der Waals surface area contributed by atoms with Crippen LogP contribution in [0.2, 0.25) is 0 Å². The molecule has 27 heavy (non-hydrogen) atoms. The number of nitrogen functional groups attached to an aromatic ring is 1. The summed E-state index contributed by atoms with van der Waals surface area (Å²) < 4.78 is 20.4. The number of halogens is 1. The van der Waals surface area contributed by atoms with Crippen LogP contribution < -0.4 is 26.6 Å². The molecule has 3 N–H and O–H groups in total. The standard InChI is InChI=1S/C18H23FN4O4/c1-4-6-9-23-15(20)14(16(24)21-18(23)26)22(5-2)17(25)12-8-7-11(27-3)10-13(12)19/h7-8,10H,4-6,9,20H2,1-3H3,(H,21,24,26). The van der Waals surface area contributed by atoms with Crippen LogP contribution in [0.4, 0.5) is 15.9 Å². The Bertz CT molecular complexity index is 951. The number of aromatic nitrogens is 2. The van der Waals surface area contributed by atoms with E-state index in [2.05, 4.69) is 4.98 Å². The van der Waals surface area contributed by atoms with Crippen LogP contribution in [0.1, 0.15) is 37.0 Å². The van der Waals surface area contributed by atoms with Gasteiger partial charge in [-0.2, -0.15) is 0 Å². The molecular weight excluding hydrogens is 355 g/mol. The summed E-state index contributed by atoms with van der Waals surface area (Å²) in [4.78, 5) is 40.5. The first kappa shape index (κ1) is 20.2. The first-order chi connectivity index (χ1) is 12.8. The van der Waals surface area contributed by atoms with Gasteiger partial charge in [-0.3, -0.25) is 19.1 Å². The molecule has 9 heteroatoms. The summed E-state index contributed by atoms with van der Waals surface area (Å²) in [5.41, 5.74) is 4.19. The lowest BCUT2D eigenvalue weighted by Crippen LogP contribution is -2.41. The monoisotopic (exact) mass is 378 g/mol. The van der Waals surface area contributed by atoms with Crippen LogP contribution in [0.25, 0.3) is 0 Å². The number of rotatable bonds is 7. The lowest BCUT2D eigenvalue weighted by atomic mass is 10.1. The highest BCUT2D eigenvalue weighted by Gasteiger charge is 2.26. The molecule has 0 saturated carbocycles. The number of nitrogens with two attached hydrogens (primary N) is 1. The number of hydrogen-bond acceptors (Lipinski definition) is 5. The van der Waals surface area contributed by atoms with Crippen LogP contribution in [0.3, 0.4) is 0 Å². The van der Waals surface area contributed by atoms with Crippen molar-refractivity contribution in [3.8, 4) is 5.75 Å². The minimum Gasteiger partial charge on any atom is -0.497 e. The molecule has 0 atom stereocenters. The summed E-state index contributed by atoms with van der Waals surface area (Å²) in [5.74, 6) is -1.39. The van der Waals surface area contributed by atoms with Gasteiger partial charge in [0.2, 0.25) is 0 Å². The van der Waals surface area contributed by atoms with Crippen molar-refractivity contribution in [3.05, 3.63) is 50.4 Å². The Kier molecular flexibility index (Phi) is 6.38. The molecule has 0 radical (unpaired) electrons. The van der Waals surface area contributed by atoms with Gasteiger partial charge >= 0.3 is 5.69 Å². The van der Waals surface area contributed by atoms with Crippen molar-refractivity contribution >= 4 is 17.4 Å². The number of nitrogens with zero attached hydrogens (tertiary/aromatic N) is 2. The van der Waals surface area contributed by atoms with Crippen molar-refractivity contribution < 1.29 is 13.9 Å². The van der Waals surface area contributed by atoms with Gasteiger partial charge in [0.25, 0.3) is 11.5 Å². The maximum atomic E-state index is 14.3. The van der Waals surface area contributed by atoms with Crippen molar-refractivity contribution in [1.82, 2.24) is 9.55 Å². The molecule has 0 unspecified atom stereocenters. The number of ether oxygens (including phenoxy) is 1. The Hall–Kier alpha value is -3.10. The molecule has 0 saturated heterocycles. The van der Waals surface area contributed by atoms with Gasteiger partial charge in [-0.05, 0) is 25.5 Å². The summed E-state index contributed by atoms with van der Waals surface area (Å²) >= 11 is 0. The number of amides is 1. The predicted octanol–water partition coefficient (Wildman–Crippen LogP) is 1.73. The fraction of sp³-hybridized carbons (Fsp3) is 0.389. The van der Waals surface area contributed by atoms with E-state index in [1.54, 1.807) is 6.92 Å². The molecule has 1 heterocycles. The summed E-state index contributed by atoms with van der Waals surface area (Å²) in [5, 5.41) is 0. The molecule has 0 spiro atoms. The number of H-pyrrole nitrogens is 1. The fourth-order valence-corrected chi connectivity index (χ4v) is 2.72. The minimum atomic E-state index is -0.797. The normalized spacial score (nSPS) is 10.7. The van der Waals surface area contributed by atoms with Crippen LogP contribution in [0.15, 0.2) is 27.8 Å². The Labute approximate surface area is 155 Å². The van der Waals surface area contributed by atoms with E-state index >= 15 is 0 Å². The van der Waals surface area contributed by atoms with Gasteiger partial charge in [-0.15, -0.1) is 0 Å². The number of methoxy groups -OCH3 is 1. The highest BCUT2D eigenvalue weighted by atomic mass is 19.1. The quantitative estimate of drug-likeness (QED) is 0.762. The Morgan fingerprint density at radius 2 is 2.04 bits per heavy atom. The van der Waals surface area contributed by atoms with Gasteiger partial charge in [-0.1, -0.05) is 13.3 Å². The third-order valence-electron chi connectivity index (χ3n) is 4.19. The molecule has 0 aliphatic carbocycles. The molecule has 0 fully saturated rings. The molecule has 0 aliphatic rings. The van der Waals surface area contributed by atoms with Gasteiger partial charge < -0.3 is 15.4 Å². The molecule has 146 valence electrons. The number of nitrogens with one attached hydrogen (secondary N) is 1. The first-order valence-electron chi connectivity index (χ1n) is 8.63. The van der Waals surface area contributed by atoms with Gasteiger partial charge in [0.1, 0.15) is 17.4 Å². The van der Waals surface area contributed by atoms with Crippen LogP contribution in [0.5, 0.6) is 5.75 Å². The lowest BCUT2D eigenvalue weighted by molar-refractivity contribution is 0.0984. The second kappa shape index (κ2) is 8.52. The highest BCUT2D eigenvalue weighted by Crippen LogP contribution is 2.22. The van der Waals surface area contributed by atoms with Crippen LogP contribution in [-0.4, -0.2) is 29.1 Å². The average molecular weight is 378 g/mol. The molecule has 2 rings (SSSR count). The predicted molar refractivity (Wildman–Crippen MR) is 101 cm³/mol. The Balaban J connectivity index is 2.55. The van der Waals surface area contributed by atoms with E-state index < -0.39 is 23.0 Å². The molecule has 1 amide bonds. The van der Waals surface area contributed by atoms with E-state index in [9.17, 15) is 18.8 Å². The number of carbonyl (C=O) groups is 1. The molecular formula is C18H23FN4O4. The molecule has 1 aromatic heterocycles. The van der Waals surface area contributed by atoms with Gasteiger partial charge in [0.15, 0.2) is 5.69 Å². The van der Waals surface area contributed by atoms with E-state index in [0.717, 1.165) is 17.4 Å². The second-order valence-electron chi connectivity index (χ2n) is 5.89. The zero-order chi connectivity index (χ0) is 20.1. The second-order valence-corrected chi connectivity index (χ2v) is 5.89. The zero-order valence-corrected chi connectivity index (χ0v) is 15.5. The van der Waals surface area contributed by atoms with E-state index in [1.807, 2.05) is 6.92 Å². The minimum absolute atomic E-state index is 0.0591. The summed E-state index contributed by atoms with van der Waals surface area (Å²) in [6, 6.07) is 3.80. The maximum absolute atomic E-state index is 14.3. The molecule has 2 aromatic rings. The van der Waals surface area contributed by atoms with Gasteiger partial charge in [0.05, 0.1) is 12.7 Å². The lowest BCUT2D eigenvalue weighted by Gasteiger charge is -2.23. The number of benzene rings is 1. The SMILES string of the molecule is CCCCn1c(N)c(N(CC)C(=O)c2ccc(OC)cc2F)c(=O)[nH]c1=O. The number of unbranched alkanes of at least 4 members (excludes halogenated alkanes) is 1. The molecule has 8 nitrogen and oxygen atoms in total. The summed E-state index contributed by atoms with van der Waals surface area (Å²) in [6.45, 7) is 3.93. The van der Waals surface area contributed by atoms with E-state index in [4.69, 9.17) is 10.5 Å². The fourth-order valence-electron chi connectivity index (χ4n) is 2.72. The van der Waals surface area contributed by atoms with Crippen molar-refractivity contribution in [1.29, 1.82) is 0 Å². The highest BCUT2D eigenvalue weighted by molar-refractivity contribution is 6.07. The zero-order valence-electron chi connectivity index (χ0n) is 15.5. The number of carbonyl (C=O) groups excluding carboxylic acids is 1. The number of aromatic amines is 1. The summed E-state index contributed by atoms with van der Waals surface area (Å²) in [7, 11) is 1.38.